The first kappa shape index (κ1) is 21.4. The predicted octanol–water partition coefficient (Wildman–Crippen LogP) is 6.98. The number of esters is 1. The molecule has 0 amide bonds. The number of fused-ring (bicyclic) bond motifs is 1. The fourth-order valence-corrected chi connectivity index (χ4v) is 4.39. The van der Waals surface area contributed by atoms with E-state index in [1.807, 2.05) is 66.7 Å². The van der Waals surface area contributed by atoms with Crippen LogP contribution in [-0.4, -0.2) is 11.0 Å². The number of aromatic nitrogens is 1. The van der Waals surface area contributed by atoms with Crippen molar-refractivity contribution in [2.75, 3.05) is 0 Å². The van der Waals surface area contributed by atoms with Crippen LogP contribution in [0, 0.1) is 11.3 Å². The minimum Gasteiger partial charge on any atom is -0.457 e. The lowest BCUT2D eigenvalue weighted by atomic mass is 10.1. The maximum atomic E-state index is 12.5. The molecular formula is C28H18N2O3S. The minimum absolute atomic E-state index is 0.211. The van der Waals surface area contributed by atoms with Gasteiger partial charge in [0.05, 0.1) is 21.4 Å². The molecule has 3 aromatic carbocycles. The van der Waals surface area contributed by atoms with E-state index in [9.17, 15) is 10.1 Å². The summed E-state index contributed by atoms with van der Waals surface area (Å²) in [7, 11) is 0. The first-order valence-electron chi connectivity index (χ1n) is 10.6. The summed E-state index contributed by atoms with van der Waals surface area (Å²) in [5.74, 6) is 0.716. The van der Waals surface area contributed by atoms with E-state index in [1.165, 1.54) is 11.3 Å². The Morgan fingerprint density at radius 3 is 2.65 bits per heavy atom. The molecule has 0 spiro atoms. The van der Waals surface area contributed by atoms with Crippen LogP contribution in [0.1, 0.15) is 26.7 Å². The van der Waals surface area contributed by atoms with Gasteiger partial charge in [-0.15, -0.1) is 11.3 Å². The zero-order valence-corrected chi connectivity index (χ0v) is 18.8. The summed E-state index contributed by atoms with van der Waals surface area (Å²) in [6, 6.07) is 30.2. The molecule has 0 bridgehead atoms. The molecule has 0 N–H and O–H groups in total. The van der Waals surface area contributed by atoms with E-state index in [-0.39, 0.29) is 6.61 Å². The summed E-state index contributed by atoms with van der Waals surface area (Å²) in [5.41, 5.74) is 3.40. The van der Waals surface area contributed by atoms with Crippen LogP contribution in [0.2, 0.25) is 0 Å². The fourth-order valence-electron chi connectivity index (χ4n) is 3.46. The van der Waals surface area contributed by atoms with Gasteiger partial charge in [0.2, 0.25) is 0 Å². The Morgan fingerprint density at radius 2 is 1.82 bits per heavy atom. The van der Waals surface area contributed by atoms with Crippen molar-refractivity contribution in [3.05, 3.63) is 113 Å². The van der Waals surface area contributed by atoms with Crippen molar-refractivity contribution < 1.29 is 13.9 Å². The fraction of sp³-hybridized carbons (Fsp3) is 0.0357. The first-order valence-corrected chi connectivity index (χ1v) is 11.4. The molecule has 164 valence electrons. The van der Waals surface area contributed by atoms with Crippen LogP contribution >= 0.6 is 11.3 Å². The molecule has 0 saturated heterocycles. The third-order valence-corrected chi connectivity index (χ3v) is 6.22. The Hall–Kier alpha value is -4.47. The van der Waals surface area contributed by atoms with E-state index in [1.54, 1.807) is 30.3 Å². The number of hydrogen-bond donors (Lipinski definition) is 0. The van der Waals surface area contributed by atoms with Gasteiger partial charge in [0.25, 0.3) is 0 Å². The Balaban J connectivity index is 1.35. The topological polar surface area (TPSA) is 76.1 Å². The van der Waals surface area contributed by atoms with Gasteiger partial charge in [0.15, 0.2) is 0 Å². The van der Waals surface area contributed by atoms with E-state index in [2.05, 4.69) is 11.1 Å². The highest BCUT2D eigenvalue weighted by atomic mass is 32.1. The summed E-state index contributed by atoms with van der Waals surface area (Å²) in [6.07, 6.45) is 1.68. The molecule has 0 radical (unpaired) electrons. The van der Waals surface area contributed by atoms with Gasteiger partial charge >= 0.3 is 5.97 Å². The van der Waals surface area contributed by atoms with Gasteiger partial charge in [0.1, 0.15) is 29.2 Å². The number of furan rings is 1. The lowest BCUT2D eigenvalue weighted by Gasteiger charge is -2.06. The summed E-state index contributed by atoms with van der Waals surface area (Å²) >= 11 is 1.47. The Morgan fingerprint density at radius 1 is 1.00 bits per heavy atom. The van der Waals surface area contributed by atoms with E-state index >= 15 is 0 Å². The second-order valence-corrected chi connectivity index (χ2v) is 8.53. The number of allylic oxidation sites excluding steroid dienone is 1. The van der Waals surface area contributed by atoms with Crippen molar-refractivity contribution in [2.45, 2.75) is 6.61 Å². The minimum atomic E-state index is -0.403. The van der Waals surface area contributed by atoms with Crippen LogP contribution in [0.5, 0.6) is 0 Å². The van der Waals surface area contributed by atoms with Crippen molar-refractivity contribution in [2.24, 2.45) is 0 Å². The summed E-state index contributed by atoms with van der Waals surface area (Å²) in [4.78, 5) is 17.1. The number of para-hydroxylation sites is 1. The van der Waals surface area contributed by atoms with Crippen LogP contribution < -0.4 is 0 Å². The van der Waals surface area contributed by atoms with Gasteiger partial charge < -0.3 is 9.15 Å². The molecule has 5 rings (SSSR count). The maximum Gasteiger partial charge on any atom is 0.338 e. The molecular weight excluding hydrogens is 444 g/mol. The molecule has 0 aliphatic heterocycles. The molecule has 0 aliphatic carbocycles. The highest BCUT2D eigenvalue weighted by molar-refractivity contribution is 7.19. The van der Waals surface area contributed by atoms with Crippen molar-refractivity contribution in [1.82, 2.24) is 4.98 Å². The molecule has 2 heterocycles. The van der Waals surface area contributed by atoms with E-state index in [0.29, 0.717) is 27.7 Å². The molecule has 0 saturated carbocycles. The largest absolute Gasteiger partial charge is 0.457 e. The SMILES string of the molecule is N#C/C(=C/c1ccc(-c2cccc(C(=O)OCc3ccccc3)c2)o1)c1nc2ccccc2s1. The number of carbonyl (C=O) groups excluding carboxylic acids is 1. The lowest BCUT2D eigenvalue weighted by Crippen LogP contribution is -2.05. The van der Waals surface area contributed by atoms with Gasteiger partial charge in [-0.05, 0) is 42.0 Å². The molecule has 5 nitrogen and oxygen atoms in total. The monoisotopic (exact) mass is 462 g/mol. The smallest absolute Gasteiger partial charge is 0.338 e. The first-order chi connectivity index (χ1) is 16.7. The number of nitriles is 1. The van der Waals surface area contributed by atoms with Gasteiger partial charge in [-0.3, -0.25) is 0 Å². The van der Waals surface area contributed by atoms with Crippen molar-refractivity contribution in [1.29, 1.82) is 5.26 Å². The second kappa shape index (κ2) is 9.57. The summed E-state index contributed by atoms with van der Waals surface area (Å²) < 4.78 is 12.4. The lowest BCUT2D eigenvalue weighted by molar-refractivity contribution is 0.0473. The average molecular weight is 463 g/mol. The molecule has 6 heteroatoms. The normalized spacial score (nSPS) is 11.3. The number of thiazole rings is 1. The summed E-state index contributed by atoms with van der Waals surface area (Å²) in [6.45, 7) is 0.211. The molecule has 0 aliphatic rings. The maximum absolute atomic E-state index is 12.5. The molecule has 0 fully saturated rings. The number of ether oxygens (including phenoxy) is 1. The molecule has 34 heavy (non-hydrogen) atoms. The van der Waals surface area contributed by atoms with E-state index in [0.717, 1.165) is 21.3 Å². The third-order valence-electron chi connectivity index (χ3n) is 5.15. The quantitative estimate of drug-likeness (QED) is 0.201. The third kappa shape index (κ3) is 4.65. The molecule has 0 atom stereocenters. The molecule has 5 aromatic rings. The highest BCUT2D eigenvalue weighted by Crippen LogP contribution is 2.30. The standard InChI is InChI=1S/C28H18N2O3S/c29-17-22(27-30-24-11-4-5-12-26(24)34-27)16-23-13-14-25(33-23)20-9-6-10-21(15-20)28(31)32-18-19-7-2-1-3-8-19/h1-16H,18H2/b22-16-. The van der Waals surface area contributed by atoms with Crippen LogP contribution in [-0.2, 0) is 11.3 Å². The Kier molecular flexibility index (Phi) is 6.02. The number of rotatable bonds is 6. The van der Waals surface area contributed by atoms with Crippen molar-refractivity contribution in [3.63, 3.8) is 0 Å². The van der Waals surface area contributed by atoms with Crippen LogP contribution in [0.15, 0.2) is 95.4 Å². The molecule has 0 unspecified atom stereocenters. The second-order valence-electron chi connectivity index (χ2n) is 7.50. The van der Waals surface area contributed by atoms with Crippen LogP contribution in [0.4, 0.5) is 0 Å². The van der Waals surface area contributed by atoms with Gasteiger partial charge in [-0.1, -0.05) is 54.6 Å². The zero-order valence-electron chi connectivity index (χ0n) is 18.0. The number of nitrogens with zero attached hydrogens (tertiary/aromatic N) is 2. The van der Waals surface area contributed by atoms with Gasteiger partial charge in [-0.2, -0.15) is 5.26 Å². The van der Waals surface area contributed by atoms with Crippen LogP contribution in [0.25, 0.3) is 33.2 Å². The number of benzene rings is 3. The number of carbonyl (C=O) groups is 1. The Labute approximate surface area is 200 Å². The zero-order chi connectivity index (χ0) is 23.3. The Bertz CT molecular complexity index is 1510. The van der Waals surface area contributed by atoms with E-state index in [4.69, 9.17) is 9.15 Å². The number of hydrogen-bond acceptors (Lipinski definition) is 6. The van der Waals surface area contributed by atoms with Gasteiger partial charge in [-0.25, -0.2) is 9.78 Å². The predicted molar refractivity (Wildman–Crippen MR) is 133 cm³/mol. The van der Waals surface area contributed by atoms with E-state index < -0.39 is 5.97 Å². The van der Waals surface area contributed by atoms with Gasteiger partial charge in [0, 0.05) is 11.6 Å². The summed E-state index contributed by atoms with van der Waals surface area (Å²) in [5, 5.41) is 10.3. The highest BCUT2D eigenvalue weighted by Gasteiger charge is 2.13. The van der Waals surface area contributed by atoms with Crippen molar-refractivity contribution in [3.8, 4) is 17.4 Å². The average Bonchev–Trinajstić information content (AvgIpc) is 3.53. The van der Waals surface area contributed by atoms with Crippen molar-refractivity contribution >= 4 is 39.2 Å². The molecule has 2 aromatic heterocycles. The van der Waals surface area contributed by atoms with Crippen LogP contribution in [0.3, 0.4) is 0 Å².